The average molecular weight is 378 g/mol. The summed E-state index contributed by atoms with van der Waals surface area (Å²) in [5.41, 5.74) is 1.41. The van der Waals surface area contributed by atoms with E-state index < -0.39 is 10.0 Å². The minimum atomic E-state index is -4.01. The molecule has 1 N–H and O–H groups in total. The Bertz CT molecular complexity index is 1240. The fourth-order valence-electron chi connectivity index (χ4n) is 3.12. The van der Waals surface area contributed by atoms with Crippen LogP contribution in [0.15, 0.2) is 78.0 Å². The first-order chi connectivity index (χ1) is 13.0. The summed E-state index contributed by atoms with van der Waals surface area (Å²) in [5.74, 6) is 0.0775. The van der Waals surface area contributed by atoms with Gasteiger partial charge in [-0.1, -0.05) is 30.3 Å². The van der Waals surface area contributed by atoms with Crippen LogP contribution in [0.25, 0.3) is 22.0 Å². The number of hydrogen-bond donors (Lipinski definition) is 1. The monoisotopic (exact) mass is 378 g/mol. The molecule has 4 aromatic rings. The van der Waals surface area contributed by atoms with E-state index in [1.807, 2.05) is 0 Å². The zero-order chi connectivity index (χ0) is 19.0. The predicted octanol–water partition coefficient (Wildman–Crippen LogP) is 3.46. The highest BCUT2D eigenvalue weighted by Crippen LogP contribution is 2.36. The number of hydrogen-bond acceptors (Lipinski definition) is 5. The number of nitrogens with zero attached hydrogens (tertiary/aromatic N) is 2. The molecule has 0 aliphatic carbocycles. The molecule has 0 fully saturated rings. The zero-order valence-electron chi connectivity index (χ0n) is 14.0. The molecular formula is C20H14N2O4S. The van der Waals surface area contributed by atoms with Gasteiger partial charge in [0.05, 0.1) is 16.6 Å². The Hall–Kier alpha value is -3.45. The lowest BCUT2D eigenvalue weighted by molar-refractivity contribution is 0.111. The number of phenols is 1. The summed E-state index contributed by atoms with van der Waals surface area (Å²) in [5, 5.41) is 10.1. The number of aromatic hydroxyl groups is 1. The summed E-state index contributed by atoms with van der Waals surface area (Å²) >= 11 is 0. The molecule has 0 aliphatic rings. The maximum Gasteiger partial charge on any atom is 0.268 e. The predicted molar refractivity (Wildman–Crippen MR) is 101 cm³/mol. The van der Waals surface area contributed by atoms with Gasteiger partial charge in [0.1, 0.15) is 11.4 Å². The van der Waals surface area contributed by atoms with Crippen LogP contribution in [0.1, 0.15) is 10.5 Å². The third-order valence-electron chi connectivity index (χ3n) is 4.31. The van der Waals surface area contributed by atoms with Gasteiger partial charge < -0.3 is 5.11 Å². The van der Waals surface area contributed by atoms with Gasteiger partial charge >= 0.3 is 0 Å². The van der Waals surface area contributed by atoms with E-state index in [2.05, 4.69) is 4.98 Å². The van der Waals surface area contributed by atoms with Crippen LogP contribution in [0.2, 0.25) is 0 Å². The lowest BCUT2D eigenvalue weighted by Crippen LogP contribution is -2.15. The van der Waals surface area contributed by atoms with E-state index in [0.717, 1.165) is 3.97 Å². The van der Waals surface area contributed by atoms with Crippen LogP contribution >= 0.6 is 0 Å². The number of phenolic OH excluding ortho intramolecular Hbond substituents is 1. The molecule has 0 saturated carbocycles. The molecule has 0 atom stereocenters. The standard InChI is InChI=1S/C20H14N2O4S/c23-13-19-20(14-6-8-15(24)9-7-14)17-10-11-21-12-18(17)22(19)27(25,26)16-4-2-1-3-5-16/h1-13,24H. The minimum Gasteiger partial charge on any atom is -0.508 e. The molecule has 0 unspecified atom stereocenters. The summed E-state index contributed by atoms with van der Waals surface area (Å²) in [6.45, 7) is 0. The van der Waals surface area contributed by atoms with Crippen LogP contribution in [0.3, 0.4) is 0 Å². The van der Waals surface area contributed by atoms with Crippen molar-refractivity contribution in [2.24, 2.45) is 0 Å². The van der Waals surface area contributed by atoms with E-state index in [0.29, 0.717) is 28.3 Å². The Labute approximate surface area is 155 Å². The fraction of sp³-hybridized carbons (Fsp3) is 0. The Kier molecular flexibility index (Phi) is 4.01. The first-order valence-electron chi connectivity index (χ1n) is 8.07. The van der Waals surface area contributed by atoms with Crippen molar-refractivity contribution >= 4 is 27.2 Å². The molecule has 0 spiro atoms. The second-order valence-electron chi connectivity index (χ2n) is 5.90. The van der Waals surface area contributed by atoms with Crippen LogP contribution in [0.4, 0.5) is 0 Å². The van der Waals surface area contributed by atoms with Gasteiger partial charge in [-0.05, 0) is 35.9 Å². The van der Waals surface area contributed by atoms with E-state index in [1.54, 1.807) is 42.6 Å². The summed E-state index contributed by atoms with van der Waals surface area (Å²) in [6.07, 6.45) is 3.50. The molecule has 7 heteroatoms. The third-order valence-corrected chi connectivity index (χ3v) is 6.05. The molecule has 0 amide bonds. The molecule has 0 saturated heterocycles. The number of carbonyl (C=O) groups excluding carboxylic acids is 1. The van der Waals surface area contributed by atoms with Crippen molar-refractivity contribution < 1.29 is 18.3 Å². The minimum absolute atomic E-state index is 0.00698. The van der Waals surface area contributed by atoms with Gasteiger partial charge in [-0.25, -0.2) is 12.4 Å². The van der Waals surface area contributed by atoms with Crippen LogP contribution < -0.4 is 0 Å². The summed E-state index contributed by atoms with van der Waals surface area (Å²) < 4.78 is 27.6. The van der Waals surface area contributed by atoms with Gasteiger partial charge in [0, 0.05) is 17.1 Å². The number of rotatable bonds is 4. The highest BCUT2D eigenvalue weighted by atomic mass is 32.2. The quantitative estimate of drug-likeness (QED) is 0.549. The first-order valence-corrected chi connectivity index (χ1v) is 9.51. The van der Waals surface area contributed by atoms with Gasteiger partial charge in [-0.15, -0.1) is 0 Å². The Morgan fingerprint density at radius 1 is 0.963 bits per heavy atom. The van der Waals surface area contributed by atoms with Crippen LogP contribution in [-0.2, 0) is 10.0 Å². The Morgan fingerprint density at radius 2 is 1.67 bits per heavy atom. The van der Waals surface area contributed by atoms with Crippen molar-refractivity contribution in [2.45, 2.75) is 4.90 Å². The highest BCUT2D eigenvalue weighted by molar-refractivity contribution is 7.90. The number of aldehydes is 1. The molecule has 4 rings (SSSR count). The largest absolute Gasteiger partial charge is 0.508 e. The van der Waals surface area contributed by atoms with Gasteiger partial charge in [-0.2, -0.15) is 0 Å². The van der Waals surface area contributed by atoms with Crippen LogP contribution in [0.5, 0.6) is 5.75 Å². The van der Waals surface area contributed by atoms with Gasteiger partial charge in [0.25, 0.3) is 10.0 Å². The van der Waals surface area contributed by atoms with E-state index in [-0.39, 0.29) is 16.3 Å². The van der Waals surface area contributed by atoms with Gasteiger partial charge in [-0.3, -0.25) is 9.78 Å². The number of aromatic nitrogens is 2. The second kappa shape index (κ2) is 6.37. The van der Waals surface area contributed by atoms with Crippen molar-refractivity contribution in [1.29, 1.82) is 0 Å². The maximum absolute atomic E-state index is 13.3. The van der Waals surface area contributed by atoms with Crippen molar-refractivity contribution in [3.63, 3.8) is 0 Å². The summed E-state index contributed by atoms with van der Waals surface area (Å²) in [4.78, 5) is 16.1. The summed E-state index contributed by atoms with van der Waals surface area (Å²) in [7, 11) is -4.01. The molecule has 0 aliphatic heterocycles. The third kappa shape index (κ3) is 2.69. The molecule has 2 aromatic carbocycles. The fourth-order valence-corrected chi connectivity index (χ4v) is 4.63. The lowest BCUT2D eigenvalue weighted by Gasteiger charge is -2.09. The zero-order valence-corrected chi connectivity index (χ0v) is 14.8. The molecule has 134 valence electrons. The smallest absolute Gasteiger partial charge is 0.268 e. The lowest BCUT2D eigenvalue weighted by atomic mass is 10.0. The van der Waals surface area contributed by atoms with Gasteiger partial charge in [0.15, 0.2) is 6.29 Å². The molecule has 2 heterocycles. The maximum atomic E-state index is 13.3. The molecule has 0 bridgehead atoms. The van der Waals surface area contributed by atoms with Crippen molar-refractivity contribution in [3.05, 3.63) is 78.8 Å². The molecule has 0 radical (unpaired) electrons. The van der Waals surface area contributed by atoms with E-state index in [4.69, 9.17) is 0 Å². The van der Waals surface area contributed by atoms with Gasteiger partial charge in [0.2, 0.25) is 0 Å². The average Bonchev–Trinajstić information content (AvgIpc) is 3.04. The van der Waals surface area contributed by atoms with Crippen LogP contribution in [0, 0.1) is 0 Å². The SMILES string of the molecule is O=Cc1c(-c2ccc(O)cc2)c2ccncc2n1S(=O)(=O)c1ccccc1. The highest BCUT2D eigenvalue weighted by Gasteiger charge is 2.27. The second-order valence-corrected chi connectivity index (χ2v) is 7.69. The number of benzene rings is 2. The molecule has 6 nitrogen and oxygen atoms in total. The first kappa shape index (κ1) is 17.0. The van der Waals surface area contributed by atoms with E-state index in [9.17, 15) is 18.3 Å². The van der Waals surface area contributed by atoms with E-state index >= 15 is 0 Å². The van der Waals surface area contributed by atoms with E-state index in [1.165, 1.54) is 30.5 Å². The number of carbonyl (C=O) groups is 1. The topological polar surface area (TPSA) is 89.3 Å². The van der Waals surface area contributed by atoms with Crippen molar-refractivity contribution in [1.82, 2.24) is 8.96 Å². The molecule has 27 heavy (non-hydrogen) atoms. The Balaban J connectivity index is 2.11. The number of pyridine rings is 1. The number of fused-ring (bicyclic) bond motifs is 1. The van der Waals surface area contributed by atoms with Crippen molar-refractivity contribution in [2.75, 3.05) is 0 Å². The normalized spacial score (nSPS) is 11.6. The molecular weight excluding hydrogens is 364 g/mol. The van der Waals surface area contributed by atoms with Crippen molar-refractivity contribution in [3.8, 4) is 16.9 Å². The molecule has 2 aromatic heterocycles. The van der Waals surface area contributed by atoms with Crippen LogP contribution in [-0.4, -0.2) is 28.8 Å². The summed E-state index contributed by atoms with van der Waals surface area (Å²) in [6, 6.07) is 15.8. The Morgan fingerprint density at radius 3 is 2.33 bits per heavy atom.